The summed E-state index contributed by atoms with van der Waals surface area (Å²) < 4.78 is 8.84. The van der Waals surface area contributed by atoms with E-state index < -0.39 is 5.91 Å². The van der Waals surface area contributed by atoms with Crippen LogP contribution < -0.4 is 10.9 Å². The van der Waals surface area contributed by atoms with E-state index in [1.54, 1.807) is 24.3 Å². The minimum absolute atomic E-state index is 0.195. The van der Waals surface area contributed by atoms with Gasteiger partial charge in [0.2, 0.25) is 5.95 Å². The van der Waals surface area contributed by atoms with Crippen molar-refractivity contribution in [1.29, 1.82) is 0 Å². The van der Waals surface area contributed by atoms with Gasteiger partial charge in [0.25, 0.3) is 11.5 Å². The Morgan fingerprint density at radius 3 is 2.58 bits per heavy atom. The van der Waals surface area contributed by atoms with Crippen LogP contribution in [0, 0.1) is 5.92 Å². The van der Waals surface area contributed by atoms with E-state index in [-0.39, 0.29) is 17.2 Å². The number of rotatable bonds is 9. The lowest BCUT2D eigenvalue weighted by molar-refractivity contribution is 0.102. The lowest BCUT2D eigenvalue weighted by Gasteiger charge is -2.13. The molecule has 0 aliphatic carbocycles. The first-order chi connectivity index (χ1) is 16.0. The topological polar surface area (TPSA) is 91.0 Å². The van der Waals surface area contributed by atoms with E-state index in [9.17, 15) is 9.59 Å². The summed E-state index contributed by atoms with van der Waals surface area (Å²) in [5, 5.41) is 8.39. The molecule has 2 aromatic heterocycles. The number of nitrogens with one attached hydrogen (secondary N) is 1. The van der Waals surface area contributed by atoms with E-state index in [1.165, 1.54) is 4.68 Å². The van der Waals surface area contributed by atoms with Crippen LogP contribution in [0.15, 0.2) is 53.3 Å². The molecular formula is C25H29N5O3. The third kappa shape index (κ3) is 4.80. The van der Waals surface area contributed by atoms with Crippen molar-refractivity contribution in [1.82, 2.24) is 19.3 Å². The zero-order valence-electron chi connectivity index (χ0n) is 19.2. The van der Waals surface area contributed by atoms with Crippen molar-refractivity contribution in [2.45, 2.75) is 40.3 Å². The number of carbonyl (C=O) groups excluding carboxylic acids is 1. The van der Waals surface area contributed by atoms with Gasteiger partial charge in [-0.3, -0.25) is 14.9 Å². The maximum Gasteiger partial charge on any atom is 0.279 e. The molecule has 1 N–H and O–H groups in total. The quantitative estimate of drug-likeness (QED) is 0.391. The Bertz CT molecular complexity index is 1340. The van der Waals surface area contributed by atoms with E-state index in [0.29, 0.717) is 43.0 Å². The summed E-state index contributed by atoms with van der Waals surface area (Å²) in [6.45, 7) is 8.36. The van der Waals surface area contributed by atoms with Crippen molar-refractivity contribution >= 4 is 33.7 Å². The normalized spacial score (nSPS) is 11.5. The largest absolute Gasteiger partial charge is 0.382 e. The molecule has 4 rings (SSSR count). The number of nitrogens with zero attached hydrogens (tertiary/aromatic N) is 4. The fourth-order valence-corrected chi connectivity index (χ4v) is 3.90. The highest BCUT2D eigenvalue weighted by molar-refractivity contribution is 6.10. The van der Waals surface area contributed by atoms with Crippen molar-refractivity contribution < 1.29 is 9.53 Å². The van der Waals surface area contributed by atoms with Crippen molar-refractivity contribution in [3.63, 3.8) is 0 Å². The average Bonchev–Trinajstić information content (AvgIpc) is 3.15. The third-order valence-corrected chi connectivity index (χ3v) is 5.38. The second-order valence-corrected chi connectivity index (χ2v) is 8.36. The molecule has 0 fully saturated rings. The number of para-hydroxylation sites is 2. The molecule has 0 saturated carbocycles. The molecule has 1 amide bonds. The van der Waals surface area contributed by atoms with Crippen LogP contribution in [0.25, 0.3) is 21.8 Å². The molecule has 8 heteroatoms. The van der Waals surface area contributed by atoms with E-state index >= 15 is 0 Å². The number of aromatic nitrogens is 4. The van der Waals surface area contributed by atoms with Gasteiger partial charge in [-0.2, -0.15) is 5.10 Å². The number of hydrogen-bond acceptors (Lipinski definition) is 5. The molecule has 8 nitrogen and oxygen atoms in total. The van der Waals surface area contributed by atoms with Crippen LogP contribution in [0.2, 0.25) is 0 Å². The summed E-state index contributed by atoms with van der Waals surface area (Å²) in [5.74, 6) is 0.261. The molecule has 4 aromatic rings. The van der Waals surface area contributed by atoms with Gasteiger partial charge in [-0.05, 0) is 37.5 Å². The molecule has 0 radical (unpaired) electrons. The zero-order valence-corrected chi connectivity index (χ0v) is 19.2. The highest BCUT2D eigenvalue weighted by Gasteiger charge is 2.20. The Morgan fingerprint density at radius 2 is 1.82 bits per heavy atom. The van der Waals surface area contributed by atoms with Gasteiger partial charge in [0.15, 0.2) is 5.69 Å². The average molecular weight is 448 g/mol. The fraction of sp³-hybridized carbons (Fsp3) is 0.360. The van der Waals surface area contributed by atoms with Crippen LogP contribution in [0.4, 0.5) is 5.95 Å². The lowest BCUT2D eigenvalue weighted by Crippen LogP contribution is -2.29. The summed E-state index contributed by atoms with van der Waals surface area (Å²) in [4.78, 5) is 30.9. The molecule has 2 aromatic carbocycles. The van der Waals surface area contributed by atoms with Crippen molar-refractivity contribution in [3.05, 3.63) is 64.6 Å². The Morgan fingerprint density at radius 1 is 1.09 bits per heavy atom. The highest BCUT2D eigenvalue weighted by Crippen LogP contribution is 2.22. The van der Waals surface area contributed by atoms with Crippen molar-refractivity contribution in [2.24, 2.45) is 5.92 Å². The summed E-state index contributed by atoms with van der Waals surface area (Å²) in [7, 11) is 0. The number of anilines is 1. The van der Waals surface area contributed by atoms with E-state index in [4.69, 9.17) is 4.74 Å². The highest BCUT2D eigenvalue weighted by atomic mass is 16.5. The molecule has 0 saturated heterocycles. The molecule has 0 bridgehead atoms. The summed E-state index contributed by atoms with van der Waals surface area (Å²) in [6.07, 6.45) is 0.789. The molecular weight excluding hydrogens is 418 g/mol. The van der Waals surface area contributed by atoms with Gasteiger partial charge >= 0.3 is 0 Å². The van der Waals surface area contributed by atoms with Crippen molar-refractivity contribution in [3.8, 4) is 0 Å². The van der Waals surface area contributed by atoms with Crippen LogP contribution in [-0.4, -0.2) is 38.5 Å². The van der Waals surface area contributed by atoms with Gasteiger partial charge < -0.3 is 9.30 Å². The van der Waals surface area contributed by atoms with Crippen LogP contribution in [0.5, 0.6) is 0 Å². The van der Waals surface area contributed by atoms with Crippen molar-refractivity contribution in [2.75, 3.05) is 18.5 Å². The fourth-order valence-electron chi connectivity index (χ4n) is 3.90. The molecule has 33 heavy (non-hydrogen) atoms. The predicted octanol–water partition coefficient (Wildman–Crippen LogP) is 4.08. The maximum atomic E-state index is 13.4. The Balaban J connectivity index is 1.73. The molecule has 0 atom stereocenters. The lowest BCUT2D eigenvalue weighted by atomic mass is 10.1. The monoisotopic (exact) mass is 447 g/mol. The van der Waals surface area contributed by atoms with E-state index in [0.717, 1.165) is 17.5 Å². The summed E-state index contributed by atoms with van der Waals surface area (Å²) >= 11 is 0. The van der Waals surface area contributed by atoms with Gasteiger partial charge in [0.1, 0.15) is 0 Å². The zero-order chi connectivity index (χ0) is 23.4. The standard InChI is InChI=1S/C25H29N5O3/c1-4-33-15-9-14-29-21-13-8-7-12-20(21)26-25(29)27-23(31)22-18-10-5-6-11-19(18)24(32)30(28-22)16-17(2)3/h5-8,10-13,17H,4,9,14-16H2,1-3H3,(H,26,27,31). The molecule has 172 valence electrons. The van der Waals surface area contributed by atoms with Crippen LogP contribution in [0.3, 0.4) is 0 Å². The summed E-state index contributed by atoms with van der Waals surface area (Å²) in [5.41, 5.74) is 1.75. The van der Waals surface area contributed by atoms with Gasteiger partial charge in [-0.1, -0.05) is 44.2 Å². The summed E-state index contributed by atoms with van der Waals surface area (Å²) in [6, 6.07) is 14.8. The number of aryl methyl sites for hydroxylation is 1. The smallest absolute Gasteiger partial charge is 0.279 e. The van der Waals surface area contributed by atoms with Crippen LogP contribution in [0.1, 0.15) is 37.7 Å². The molecule has 0 spiro atoms. The van der Waals surface area contributed by atoms with Gasteiger partial charge in [0.05, 0.1) is 16.4 Å². The third-order valence-electron chi connectivity index (χ3n) is 5.38. The van der Waals surface area contributed by atoms with Crippen LogP contribution >= 0.6 is 0 Å². The first-order valence-electron chi connectivity index (χ1n) is 11.3. The number of hydrogen-bond donors (Lipinski definition) is 1. The second kappa shape index (κ2) is 9.95. The number of carbonyl (C=O) groups is 1. The maximum absolute atomic E-state index is 13.4. The van der Waals surface area contributed by atoms with Gasteiger partial charge in [0, 0.05) is 31.7 Å². The minimum Gasteiger partial charge on any atom is -0.382 e. The Hall–Kier alpha value is -3.52. The molecule has 0 aliphatic rings. The predicted molar refractivity (Wildman–Crippen MR) is 130 cm³/mol. The second-order valence-electron chi connectivity index (χ2n) is 8.36. The molecule has 2 heterocycles. The number of amides is 1. The number of ether oxygens (including phenoxy) is 1. The van der Waals surface area contributed by atoms with Gasteiger partial charge in [-0.15, -0.1) is 0 Å². The minimum atomic E-state index is -0.398. The Kier molecular flexibility index (Phi) is 6.84. The number of fused-ring (bicyclic) bond motifs is 2. The van der Waals surface area contributed by atoms with Gasteiger partial charge in [-0.25, -0.2) is 9.67 Å². The molecule has 0 aliphatic heterocycles. The Labute approximate surface area is 192 Å². The SMILES string of the molecule is CCOCCCn1c(NC(=O)c2nn(CC(C)C)c(=O)c3ccccc23)nc2ccccc21. The van der Waals surface area contributed by atoms with Crippen LogP contribution in [-0.2, 0) is 17.8 Å². The number of benzene rings is 2. The van der Waals surface area contributed by atoms with E-state index in [2.05, 4.69) is 15.4 Å². The molecule has 0 unspecified atom stereocenters. The first kappa shape index (κ1) is 22.7. The number of imidazole rings is 1. The first-order valence-corrected chi connectivity index (χ1v) is 11.3. The van der Waals surface area contributed by atoms with E-state index in [1.807, 2.05) is 49.6 Å².